The molecule has 2 atom stereocenters. The molecular weight excluding hydrogens is 300 g/mol. The number of methoxy groups -OCH3 is 1. The molecular formula is C12H19BrN2OS. The molecule has 2 unspecified atom stereocenters. The van der Waals surface area contributed by atoms with Crippen molar-refractivity contribution < 1.29 is 4.74 Å². The highest BCUT2D eigenvalue weighted by atomic mass is 79.9. The zero-order valence-electron chi connectivity index (χ0n) is 10.1. The van der Waals surface area contributed by atoms with Gasteiger partial charge >= 0.3 is 0 Å². The van der Waals surface area contributed by atoms with E-state index in [0.717, 1.165) is 19.7 Å². The number of likely N-dealkylation sites (tertiary alicyclic amines) is 1. The van der Waals surface area contributed by atoms with Crippen LogP contribution in [0.15, 0.2) is 15.9 Å². The van der Waals surface area contributed by atoms with E-state index in [-0.39, 0.29) is 0 Å². The van der Waals surface area contributed by atoms with Crippen molar-refractivity contribution in [3.8, 4) is 0 Å². The highest BCUT2D eigenvalue weighted by Gasteiger charge is 2.29. The molecule has 1 fully saturated rings. The maximum atomic E-state index is 5.95. The smallest absolute Gasteiger partial charge is 0.0575 e. The van der Waals surface area contributed by atoms with Gasteiger partial charge in [0.15, 0.2) is 0 Å². The highest BCUT2D eigenvalue weighted by Crippen LogP contribution is 2.34. The average molecular weight is 319 g/mol. The summed E-state index contributed by atoms with van der Waals surface area (Å²) in [4.78, 5) is 3.84. The summed E-state index contributed by atoms with van der Waals surface area (Å²) >= 11 is 5.39. The molecule has 0 amide bonds. The first-order chi connectivity index (χ1) is 8.26. The van der Waals surface area contributed by atoms with Crippen molar-refractivity contribution in [1.82, 2.24) is 4.90 Å². The van der Waals surface area contributed by atoms with E-state index in [4.69, 9.17) is 10.5 Å². The lowest BCUT2D eigenvalue weighted by Crippen LogP contribution is -2.32. The van der Waals surface area contributed by atoms with E-state index in [1.165, 1.54) is 15.8 Å². The largest absolute Gasteiger partial charge is 0.384 e. The second-order valence-corrected chi connectivity index (χ2v) is 6.29. The van der Waals surface area contributed by atoms with Crippen LogP contribution in [0.1, 0.15) is 17.3 Å². The summed E-state index contributed by atoms with van der Waals surface area (Å²) in [6, 6.07) is 2.46. The maximum Gasteiger partial charge on any atom is 0.0575 e. The summed E-state index contributed by atoms with van der Waals surface area (Å²) in [5.74, 6) is 0.660. The lowest BCUT2D eigenvalue weighted by molar-refractivity contribution is 0.147. The highest BCUT2D eigenvalue weighted by molar-refractivity contribution is 9.10. The van der Waals surface area contributed by atoms with Crippen LogP contribution in [0, 0.1) is 5.92 Å². The summed E-state index contributed by atoms with van der Waals surface area (Å²) in [6.45, 7) is 3.76. The minimum absolute atomic E-state index is 0.353. The van der Waals surface area contributed by atoms with E-state index >= 15 is 0 Å². The number of rotatable bonds is 5. The van der Waals surface area contributed by atoms with E-state index in [1.54, 1.807) is 18.4 Å². The molecule has 0 radical (unpaired) electrons. The Balaban J connectivity index is 2.03. The molecule has 5 heteroatoms. The van der Waals surface area contributed by atoms with Crippen molar-refractivity contribution in [3.63, 3.8) is 0 Å². The molecule has 1 saturated heterocycles. The minimum Gasteiger partial charge on any atom is -0.384 e. The van der Waals surface area contributed by atoms with Crippen LogP contribution in [-0.2, 0) is 4.74 Å². The number of hydrogen-bond acceptors (Lipinski definition) is 4. The summed E-state index contributed by atoms with van der Waals surface area (Å²) in [7, 11) is 1.78. The van der Waals surface area contributed by atoms with Crippen molar-refractivity contribution in [2.24, 2.45) is 11.7 Å². The Hall–Kier alpha value is 0.0600. The third kappa shape index (κ3) is 3.09. The van der Waals surface area contributed by atoms with E-state index in [0.29, 0.717) is 18.5 Å². The molecule has 3 nitrogen and oxygen atoms in total. The number of nitrogens with two attached hydrogens (primary N) is 1. The van der Waals surface area contributed by atoms with Crippen molar-refractivity contribution in [3.05, 3.63) is 20.8 Å². The van der Waals surface area contributed by atoms with Gasteiger partial charge < -0.3 is 10.5 Å². The SMILES string of the molecule is COCC1CCN(C(CN)c2sccc2Br)C1. The second-order valence-electron chi connectivity index (χ2n) is 4.49. The Kier molecular flexibility index (Phi) is 4.99. The van der Waals surface area contributed by atoms with Crippen LogP contribution in [0.3, 0.4) is 0 Å². The number of hydrogen-bond donors (Lipinski definition) is 1. The van der Waals surface area contributed by atoms with Gasteiger partial charge in [0.1, 0.15) is 0 Å². The molecule has 0 aliphatic carbocycles. The van der Waals surface area contributed by atoms with Gasteiger partial charge in [-0.3, -0.25) is 4.90 Å². The molecule has 2 heterocycles. The number of thiophene rings is 1. The minimum atomic E-state index is 0.353. The third-order valence-electron chi connectivity index (χ3n) is 3.33. The van der Waals surface area contributed by atoms with Gasteiger partial charge in [-0.25, -0.2) is 0 Å². The molecule has 1 aliphatic heterocycles. The summed E-state index contributed by atoms with van der Waals surface area (Å²) in [5, 5.41) is 2.12. The predicted octanol–water partition coefficient (Wildman–Crippen LogP) is 2.48. The van der Waals surface area contributed by atoms with Gasteiger partial charge in [-0.15, -0.1) is 11.3 Å². The zero-order chi connectivity index (χ0) is 12.3. The fourth-order valence-corrected chi connectivity index (χ4v) is 4.27. The molecule has 0 aromatic carbocycles. The Bertz CT molecular complexity index is 358. The van der Waals surface area contributed by atoms with E-state index in [1.807, 2.05) is 0 Å². The average Bonchev–Trinajstić information content (AvgIpc) is 2.92. The topological polar surface area (TPSA) is 38.5 Å². The molecule has 0 bridgehead atoms. The van der Waals surface area contributed by atoms with Crippen molar-refractivity contribution in [2.75, 3.05) is 33.4 Å². The molecule has 0 saturated carbocycles. The third-order valence-corrected chi connectivity index (χ3v) is 5.30. The second kappa shape index (κ2) is 6.29. The van der Waals surface area contributed by atoms with E-state index < -0.39 is 0 Å². The molecule has 1 aromatic rings. The number of ether oxygens (including phenoxy) is 1. The molecule has 1 aromatic heterocycles. The van der Waals surface area contributed by atoms with Gasteiger partial charge in [-0.05, 0) is 46.3 Å². The van der Waals surface area contributed by atoms with Crippen LogP contribution < -0.4 is 5.73 Å². The first kappa shape index (κ1) is 13.5. The van der Waals surface area contributed by atoms with Gasteiger partial charge in [0.25, 0.3) is 0 Å². The first-order valence-corrected chi connectivity index (χ1v) is 7.59. The molecule has 1 aliphatic rings. The summed E-state index contributed by atoms with van der Waals surface area (Å²) in [6.07, 6.45) is 1.22. The zero-order valence-corrected chi connectivity index (χ0v) is 12.5. The van der Waals surface area contributed by atoms with Gasteiger partial charge in [0.05, 0.1) is 12.6 Å². The molecule has 2 rings (SSSR count). The van der Waals surface area contributed by atoms with Crippen LogP contribution in [0.4, 0.5) is 0 Å². The summed E-state index contributed by atoms with van der Waals surface area (Å²) < 4.78 is 6.43. The maximum absolute atomic E-state index is 5.95. The molecule has 96 valence electrons. The first-order valence-electron chi connectivity index (χ1n) is 5.92. The lowest BCUT2D eigenvalue weighted by atomic mass is 10.1. The van der Waals surface area contributed by atoms with Crippen LogP contribution in [0.2, 0.25) is 0 Å². The van der Waals surface area contributed by atoms with Crippen LogP contribution >= 0.6 is 27.3 Å². The Morgan fingerprint density at radius 2 is 2.53 bits per heavy atom. The molecule has 2 N–H and O–H groups in total. The fraction of sp³-hybridized carbons (Fsp3) is 0.667. The van der Waals surface area contributed by atoms with Crippen molar-refractivity contribution in [2.45, 2.75) is 12.5 Å². The Labute approximate surface area is 115 Å². The van der Waals surface area contributed by atoms with Crippen molar-refractivity contribution in [1.29, 1.82) is 0 Å². The van der Waals surface area contributed by atoms with Gasteiger partial charge in [0.2, 0.25) is 0 Å². The quantitative estimate of drug-likeness (QED) is 0.906. The lowest BCUT2D eigenvalue weighted by Gasteiger charge is -2.26. The van der Waals surface area contributed by atoms with Gasteiger partial charge in [-0.2, -0.15) is 0 Å². The normalized spacial score (nSPS) is 23.1. The van der Waals surface area contributed by atoms with Crippen LogP contribution in [0.25, 0.3) is 0 Å². The van der Waals surface area contributed by atoms with Gasteiger partial charge in [0, 0.05) is 29.5 Å². The van der Waals surface area contributed by atoms with E-state index in [2.05, 4.69) is 32.3 Å². The van der Waals surface area contributed by atoms with Crippen molar-refractivity contribution >= 4 is 27.3 Å². The van der Waals surface area contributed by atoms with E-state index in [9.17, 15) is 0 Å². The number of nitrogens with zero attached hydrogens (tertiary/aromatic N) is 1. The standard InChI is InChI=1S/C12H19BrN2OS/c1-16-8-9-2-4-15(7-9)11(6-14)12-10(13)3-5-17-12/h3,5,9,11H,2,4,6-8,14H2,1H3. The Morgan fingerprint density at radius 1 is 1.71 bits per heavy atom. The van der Waals surface area contributed by atoms with Crippen LogP contribution in [-0.4, -0.2) is 38.3 Å². The fourth-order valence-electron chi connectivity index (χ4n) is 2.48. The Morgan fingerprint density at radius 3 is 3.12 bits per heavy atom. The predicted molar refractivity (Wildman–Crippen MR) is 75.4 cm³/mol. The monoisotopic (exact) mass is 318 g/mol. The number of halogens is 1. The van der Waals surface area contributed by atoms with Crippen LogP contribution in [0.5, 0.6) is 0 Å². The molecule has 0 spiro atoms. The molecule has 17 heavy (non-hydrogen) atoms. The van der Waals surface area contributed by atoms with Gasteiger partial charge in [-0.1, -0.05) is 0 Å². The summed E-state index contributed by atoms with van der Waals surface area (Å²) in [5.41, 5.74) is 5.95.